The Morgan fingerprint density at radius 2 is 1.82 bits per heavy atom. The highest BCUT2D eigenvalue weighted by Crippen LogP contribution is 2.36. The number of hydrogen-bond acceptors (Lipinski definition) is 4. The second-order valence-corrected chi connectivity index (χ2v) is 7.52. The van der Waals surface area contributed by atoms with Gasteiger partial charge in [-0.25, -0.2) is 14.0 Å². The summed E-state index contributed by atoms with van der Waals surface area (Å²) in [4.78, 5) is 25.2. The van der Waals surface area contributed by atoms with Gasteiger partial charge in [-0.3, -0.25) is 0 Å². The van der Waals surface area contributed by atoms with Gasteiger partial charge in [0.1, 0.15) is 5.82 Å². The fourth-order valence-corrected chi connectivity index (χ4v) is 4.11. The molecule has 0 spiro atoms. The largest absolute Gasteiger partial charge is 0.512 e. The number of fused-ring (bicyclic) bond motifs is 2. The van der Waals surface area contributed by atoms with Gasteiger partial charge in [0, 0.05) is 17.5 Å². The SMILES string of the molecule is CCN(Cc1c(OC(=O)O)n(Cc2cccc3ccccc23)c2ccc(F)cc12)C(=O)OC. The molecule has 0 fully saturated rings. The summed E-state index contributed by atoms with van der Waals surface area (Å²) in [7, 11) is 1.27. The third kappa shape index (κ3) is 4.32. The van der Waals surface area contributed by atoms with E-state index in [2.05, 4.69) is 0 Å². The molecule has 0 saturated carbocycles. The maximum Gasteiger partial charge on any atom is 0.512 e. The lowest BCUT2D eigenvalue weighted by Gasteiger charge is -2.19. The van der Waals surface area contributed by atoms with Crippen LogP contribution in [0.25, 0.3) is 21.7 Å². The Kier molecular flexibility index (Phi) is 6.17. The molecule has 1 N–H and O–H groups in total. The van der Waals surface area contributed by atoms with Crippen molar-refractivity contribution in [3.8, 4) is 5.88 Å². The lowest BCUT2D eigenvalue weighted by atomic mass is 10.0. The Balaban J connectivity index is 1.93. The maximum absolute atomic E-state index is 14.2. The van der Waals surface area contributed by atoms with Crippen molar-refractivity contribution in [3.63, 3.8) is 0 Å². The number of halogens is 1. The molecule has 4 rings (SSSR count). The molecule has 3 aromatic carbocycles. The first kappa shape index (κ1) is 22.1. The van der Waals surface area contributed by atoms with E-state index in [1.54, 1.807) is 17.6 Å². The molecule has 0 aliphatic rings. The van der Waals surface area contributed by atoms with E-state index < -0.39 is 18.1 Å². The van der Waals surface area contributed by atoms with Crippen LogP contribution in [-0.4, -0.2) is 40.5 Å². The van der Waals surface area contributed by atoms with Crippen molar-refractivity contribution in [1.29, 1.82) is 0 Å². The Morgan fingerprint density at radius 3 is 2.55 bits per heavy atom. The molecule has 0 aliphatic carbocycles. The summed E-state index contributed by atoms with van der Waals surface area (Å²) in [6, 6.07) is 18.0. The number of hydrogen-bond donors (Lipinski definition) is 1. The summed E-state index contributed by atoms with van der Waals surface area (Å²) in [6.07, 6.45) is -2.08. The van der Waals surface area contributed by atoms with Crippen LogP contribution >= 0.6 is 0 Å². The lowest BCUT2D eigenvalue weighted by Crippen LogP contribution is -2.30. The molecule has 4 aromatic rings. The van der Waals surface area contributed by atoms with Crippen LogP contribution in [0.4, 0.5) is 14.0 Å². The van der Waals surface area contributed by atoms with Crippen molar-refractivity contribution < 1.29 is 28.6 Å². The average Bonchev–Trinajstić information content (AvgIpc) is 3.07. The summed E-state index contributed by atoms with van der Waals surface area (Å²) in [5.74, 6) is -0.438. The molecule has 0 atom stereocenters. The maximum atomic E-state index is 14.2. The summed E-state index contributed by atoms with van der Waals surface area (Å²) in [6.45, 7) is 2.36. The Bertz CT molecular complexity index is 1340. The van der Waals surface area contributed by atoms with Crippen LogP contribution in [-0.2, 0) is 17.8 Å². The van der Waals surface area contributed by atoms with Crippen LogP contribution in [0.1, 0.15) is 18.1 Å². The lowest BCUT2D eigenvalue weighted by molar-refractivity contribution is 0.122. The molecular formula is C25H23FN2O5. The first-order valence-corrected chi connectivity index (χ1v) is 10.4. The van der Waals surface area contributed by atoms with Crippen LogP contribution in [0, 0.1) is 5.82 Å². The quantitative estimate of drug-likeness (QED) is 0.385. The van der Waals surface area contributed by atoms with E-state index >= 15 is 0 Å². The van der Waals surface area contributed by atoms with Gasteiger partial charge in [0.05, 0.1) is 25.7 Å². The molecule has 0 saturated heterocycles. The standard InChI is InChI=1S/C25H23FN2O5/c1-3-27(24(29)32-2)15-21-20-13-18(26)11-12-22(20)28(23(21)33-25(30)31)14-17-9-6-8-16-7-4-5-10-19(16)17/h4-13H,3,14-15H2,1-2H3,(H,30,31). The minimum Gasteiger partial charge on any atom is -0.453 e. The summed E-state index contributed by atoms with van der Waals surface area (Å²) >= 11 is 0. The molecule has 1 heterocycles. The van der Waals surface area contributed by atoms with Gasteiger partial charge >= 0.3 is 12.2 Å². The minimum absolute atomic E-state index is 0.00568. The predicted molar refractivity (Wildman–Crippen MR) is 122 cm³/mol. The van der Waals surface area contributed by atoms with Gasteiger partial charge in [-0.2, -0.15) is 0 Å². The Labute approximate surface area is 189 Å². The van der Waals surface area contributed by atoms with Crippen molar-refractivity contribution in [2.24, 2.45) is 0 Å². The first-order valence-electron chi connectivity index (χ1n) is 10.4. The molecule has 1 amide bonds. The van der Waals surface area contributed by atoms with Crippen molar-refractivity contribution in [2.75, 3.05) is 13.7 Å². The summed E-state index contributed by atoms with van der Waals surface area (Å²) < 4.78 is 26.0. The Hall–Kier alpha value is -4.07. The zero-order valence-electron chi connectivity index (χ0n) is 18.2. The molecule has 170 valence electrons. The summed E-state index contributed by atoms with van der Waals surface area (Å²) in [5.41, 5.74) is 1.92. The number of ether oxygens (including phenoxy) is 2. The predicted octanol–water partition coefficient (Wildman–Crippen LogP) is 5.63. The van der Waals surface area contributed by atoms with E-state index in [1.807, 2.05) is 42.5 Å². The van der Waals surface area contributed by atoms with E-state index in [-0.39, 0.29) is 19.0 Å². The molecule has 1 aromatic heterocycles. The number of carbonyl (C=O) groups is 2. The molecule has 0 bridgehead atoms. The van der Waals surface area contributed by atoms with Gasteiger partial charge in [0.2, 0.25) is 5.88 Å². The number of carbonyl (C=O) groups excluding carboxylic acids is 1. The highest BCUT2D eigenvalue weighted by atomic mass is 19.1. The van der Waals surface area contributed by atoms with Crippen molar-refractivity contribution in [1.82, 2.24) is 9.47 Å². The van der Waals surface area contributed by atoms with E-state index in [0.717, 1.165) is 16.3 Å². The van der Waals surface area contributed by atoms with Crippen molar-refractivity contribution in [3.05, 3.63) is 77.6 Å². The minimum atomic E-state index is -1.50. The molecule has 0 aliphatic heterocycles. The fourth-order valence-electron chi connectivity index (χ4n) is 4.11. The van der Waals surface area contributed by atoms with Gasteiger partial charge in [-0.1, -0.05) is 42.5 Å². The van der Waals surface area contributed by atoms with Crippen molar-refractivity contribution in [2.45, 2.75) is 20.0 Å². The van der Waals surface area contributed by atoms with Gasteiger partial charge < -0.3 is 24.0 Å². The zero-order chi connectivity index (χ0) is 23.5. The monoisotopic (exact) mass is 450 g/mol. The number of rotatable bonds is 6. The number of carboxylic acid groups (broad SMARTS) is 1. The molecule has 8 heteroatoms. The fraction of sp³-hybridized carbons (Fsp3) is 0.200. The third-order valence-corrected chi connectivity index (χ3v) is 5.63. The smallest absolute Gasteiger partial charge is 0.453 e. The molecule has 0 unspecified atom stereocenters. The number of benzene rings is 3. The van der Waals surface area contributed by atoms with Crippen LogP contribution in [0.15, 0.2) is 60.7 Å². The third-order valence-electron chi connectivity index (χ3n) is 5.63. The Morgan fingerprint density at radius 1 is 1.06 bits per heavy atom. The number of amides is 1. The highest BCUT2D eigenvalue weighted by Gasteiger charge is 2.25. The average molecular weight is 450 g/mol. The molecule has 0 radical (unpaired) electrons. The highest BCUT2D eigenvalue weighted by molar-refractivity contribution is 5.89. The van der Waals surface area contributed by atoms with Crippen LogP contribution in [0.5, 0.6) is 5.88 Å². The van der Waals surface area contributed by atoms with E-state index in [9.17, 15) is 19.1 Å². The number of aromatic nitrogens is 1. The van der Waals surface area contributed by atoms with Gasteiger partial charge in [-0.05, 0) is 41.5 Å². The molecular weight excluding hydrogens is 427 g/mol. The van der Waals surface area contributed by atoms with Crippen LogP contribution < -0.4 is 4.74 Å². The van der Waals surface area contributed by atoms with Gasteiger partial charge in [-0.15, -0.1) is 0 Å². The van der Waals surface area contributed by atoms with E-state index in [4.69, 9.17) is 9.47 Å². The van der Waals surface area contributed by atoms with E-state index in [0.29, 0.717) is 23.0 Å². The topological polar surface area (TPSA) is 81.0 Å². The molecule has 33 heavy (non-hydrogen) atoms. The zero-order valence-corrected chi connectivity index (χ0v) is 18.2. The van der Waals surface area contributed by atoms with Gasteiger partial charge in [0.15, 0.2) is 0 Å². The van der Waals surface area contributed by atoms with Crippen LogP contribution in [0.3, 0.4) is 0 Å². The molecule has 7 nitrogen and oxygen atoms in total. The normalized spacial score (nSPS) is 11.0. The van der Waals surface area contributed by atoms with Crippen LogP contribution in [0.2, 0.25) is 0 Å². The van der Waals surface area contributed by atoms with E-state index in [1.165, 1.54) is 24.1 Å². The number of nitrogens with zero attached hydrogens (tertiary/aromatic N) is 2. The second-order valence-electron chi connectivity index (χ2n) is 7.52. The second kappa shape index (κ2) is 9.20. The number of methoxy groups -OCH3 is 1. The van der Waals surface area contributed by atoms with Crippen molar-refractivity contribution >= 4 is 33.9 Å². The van der Waals surface area contributed by atoms with Gasteiger partial charge in [0.25, 0.3) is 0 Å². The first-order chi connectivity index (χ1) is 15.9. The summed E-state index contributed by atoms with van der Waals surface area (Å²) in [5, 5.41) is 12.0.